The number of nitrogens with one attached hydrogen (secondary N) is 2. The van der Waals surface area contributed by atoms with E-state index in [0.29, 0.717) is 13.0 Å². The Morgan fingerprint density at radius 3 is 2.60 bits per heavy atom. The Kier molecular flexibility index (Phi) is 5.76. The lowest BCUT2D eigenvalue weighted by Gasteiger charge is -2.37. The van der Waals surface area contributed by atoms with Gasteiger partial charge in [-0.1, -0.05) is 26.7 Å². The molecule has 0 radical (unpaired) electrons. The van der Waals surface area contributed by atoms with Crippen LogP contribution >= 0.6 is 0 Å². The van der Waals surface area contributed by atoms with Gasteiger partial charge in [0.1, 0.15) is 5.54 Å². The topological polar surface area (TPSA) is 81.8 Å². The quantitative estimate of drug-likeness (QED) is 0.738. The summed E-state index contributed by atoms with van der Waals surface area (Å²) in [4.78, 5) is 40.7. The summed E-state index contributed by atoms with van der Waals surface area (Å²) in [5.74, 6) is -0.108. The number of likely N-dealkylation sites (N-methyl/N-ethyl adjacent to an activating group) is 1. The van der Waals surface area contributed by atoms with Gasteiger partial charge in [-0.3, -0.25) is 14.5 Å². The fourth-order valence-electron chi connectivity index (χ4n) is 3.75. The van der Waals surface area contributed by atoms with E-state index in [1.165, 1.54) is 4.90 Å². The average molecular weight is 352 g/mol. The number of imide groups is 1. The maximum Gasteiger partial charge on any atom is 0.326 e. The molecule has 1 aliphatic heterocycles. The number of carbonyl (C=O) groups excluding carboxylic acids is 3. The summed E-state index contributed by atoms with van der Waals surface area (Å²) in [5.41, 5.74) is -1.05. The van der Waals surface area contributed by atoms with Crippen molar-refractivity contribution in [3.63, 3.8) is 0 Å². The summed E-state index contributed by atoms with van der Waals surface area (Å²) in [6.45, 7) is 10.6. The standard InChI is InChI=1S/C18H32N4O3/c1-6-21(11-14(23)19-17(3,4)5)12-22-15(24)18(20-16(22)25)10-8-7-9-13(18)2/h13H,6-12H2,1-5H3,(H,19,23)(H,20,25)/t13-,18+/m0/s1. The van der Waals surface area contributed by atoms with Crippen LogP contribution in [0, 0.1) is 5.92 Å². The van der Waals surface area contributed by atoms with Crippen LogP contribution in [0.5, 0.6) is 0 Å². The summed E-state index contributed by atoms with van der Waals surface area (Å²) in [5, 5.41) is 5.86. The Morgan fingerprint density at radius 1 is 1.36 bits per heavy atom. The molecule has 1 spiro atoms. The van der Waals surface area contributed by atoms with Crippen molar-refractivity contribution < 1.29 is 14.4 Å². The smallest absolute Gasteiger partial charge is 0.326 e. The fourth-order valence-corrected chi connectivity index (χ4v) is 3.75. The minimum Gasteiger partial charge on any atom is -0.350 e. The van der Waals surface area contributed by atoms with E-state index in [1.807, 2.05) is 39.5 Å². The lowest BCUT2D eigenvalue weighted by atomic mass is 9.73. The molecule has 2 atom stereocenters. The molecule has 1 heterocycles. The Bertz CT molecular complexity index is 543. The maximum atomic E-state index is 13.0. The van der Waals surface area contributed by atoms with E-state index in [2.05, 4.69) is 10.6 Å². The van der Waals surface area contributed by atoms with Gasteiger partial charge in [0.05, 0.1) is 13.2 Å². The largest absolute Gasteiger partial charge is 0.350 e. The summed E-state index contributed by atoms with van der Waals surface area (Å²) in [6.07, 6.45) is 3.70. The first-order valence-corrected chi connectivity index (χ1v) is 9.26. The minimum atomic E-state index is -0.748. The molecule has 1 saturated heterocycles. The van der Waals surface area contributed by atoms with Crippen LogP contribution in [0.25, 0.3) is 0 Å². The van der Waals surface area contributed by atoms with Crippen molar-refractivity contribution in [1.29, 1.82) is 0 Å². The Hall–Kier alpha value is -1.63. The van der Waals surface area contributed by atoms with Crippen molar-refractivity contribution in [2.24, 2.45) is 5.92 Å². The molecule has 2 aliphatic rings. The maximum absolute atomic E-state index is 13.0. The molecule has 4 amide bonds. The highest BCUT2D eigenvalue weighted by atomic mass is 16.2. The fraction of sp³-hybridized carbons (Fsp3) is 0.833. The Morgan fingerprint density at radius 2 is 2.04 bits per heavy atom. The predicted octanol–water partition coefficient (Wildman–Crippen LogP) is 1.68. The van der Waals surface area contributed by atoms with Crippen LogP contribution in [0.4, 0.5) is 4.79 Å². The molecule has 1 aliphatic carbocycles. The third kappa shape index (κ3) is 4.32. The first-order chi connectivity index (χ1) is 11.6. The molecule has 142 valence electrons. The highest BCUT2D eigenvalue weighted by Gasteiger charge is 2.55. The normalized spacial score (nSPS) is 27.1. The van der Waals surface area contributed by atoms with E-state index < -0.39 is 5.54 Å². The van der Waals surface area contributed by atoms with E-state index >= 15 is 0 Å². The molecule has 0 aromatic heterocycles. The average Bonchev–Trinajstić information content (AvgIpc) is 2.72. The Labute approximate surface area is 150 Å². The molecule has 0 bridgehead atoms. The molecule has 2 fully saturated rings. The third-order valence-corrected chi connectivity index (χ3v) is 5.17. The van der Waals surface area contributed by atoms with Gasteiger partial charge in [-0.2, -0.15) is 0 Å². The van der Waals surface area contributed by atoms with Gasteiger partial charge >= 0.3 is 6.03 Å². The SMILES string of the molecule is CCN(CC(=O)NC(C)(C)C)CN1C(=O)N[C@@]2(CCCC[C@@H]2C)C1=O. The minimum absolute atomic E-state index is 0.109. The van der Waals surface area contributed by atoms with E-state index in [1.54, 1.807) is 0 Å². The molecule has 0 aromatic rings. The van der Waals surface area contributed by atoms with Crippen molar-refractivity contribution in [3.05, 3.63) is 0 Å². The molecule has 7 nitrogen and oxygen atoms in total. The predicted molar refractivity (Wildman–Crippen MR) is 95.8 cm³/mol. The molecule has 25 heavy (non-hydrogen) atoms. The zero-order chi connectivity index (χ0) is 18.8. The van der Waals surface area contributed by atoms with Crippen LogP contribution in [0.1, 0.15) is 60.3 Å². The van der Waals surface area contributed by atoms with Crippen LogP contribution in [0.15, 0.2) is 0 Å². The van der Waals surface area contributed by atoms with Crippen LogP contribution in [-0.4, -0.2) is 58.5 Å². The molecule has 0 aromatic carbocycles. The van der Waals surface area contributed by atoms with Gasteiger partial charge in [-0.25, -0.2) is 9.69 Å². The summed E-state index contributed by atoms with van der Waals surface area (Å²) < 4.78 is 0. The van der Waals surface area contributed by atoms with Crippen LogP contribution in [-0.2, 0) is 9.59 Å². The van der Waals surface area contributed by atoms with Gasteiger partial charge in [0.15, 0.2) is 0 Å². The molecule has 2 rings (SSSR count). The van der Waals surface area contributed by atoms with Gasteiger partial charge in [0, 0.05) is 5.54 Å². The number of nitrogens with zero attached hydrogens (tertiary/aromatic N) is 2. The molecule has 1 saturated carbocycles. The highest BCUT2D eigenvalue weighted by Crippen LogP contribution is 2.38. The van der Waals surface area contributed by atoms with Gasteiger partial charge in [-0.15, -0.1) is 0 Å². The number of hydrogen-bond donors (Lipinski definition) is 2. The van der Waals surface area contributed by atoms with Crippen molar-refractivity contribution in [2.75, 3.05) is 19.8 Å². The first-order valence-electron chi connectivity index (χ1n) is 9.26. The molecular formula is C18H32N4O3. The van der Waals surface area contributed by atoms with E-state index in [-0.39, 0.29) is 42.5 Å². The van der Waals surface area contributed by atoms with E-state index in [0.717, 1.165) is 19.3 Å². The summed E-state index contributed by atoms with van der Waals surface area (Å²) in [6, 6.07) is -0.339. The van der Waals surface area contributed by atoms with Gasteiger partial charge in [0.25, 0.3) is 5.91 Å². The van der Waals surface area contributed by atoms with E-state index in [9.17, 15) is 14.4 Å². The van der Waals surface area contributed by atoms with Crippen LogP contribution in [0.2, 0.25) is 0 Å². The van der Waals surface area contributed by atoms with Gasteiger partial charge < -0.3 is 10.6 Å². The number of carbonyl (C=O) groups is 3. The number of amides is 4. The van der Waals surface area contributed by atoms with Crippen molar-refractivity contribution in [2.45, 2.75) is 71.4 Å². The second-order valence-electron chi connectivity index (χ2n) is 8.37. The molecule has 7 heteroatoms. The monoisotopic (exact) mass is 352 g/mol. The summed E-state index contributed by atoms with van der Waals surface area (Å²) in [7, 11) is 0. The molecular weight excluding hydrogens is 320 g/mol. The summed E-state index contributed by atoms with van der Waals surface area (Å²) >= 11 is 0. The van der Waals surface area contributed by atoms with Crippen molar-refractivity contribution in [3.8, 4) is 0 Å². The zero-order valence-corrected chi connectivity index (χ0v) is 16.1. The molecule has 0 unspecified atom stereocenters. The first kappa shape index (κ1) is 19.7. The van der Waals surface area contributed by atoms with Gasteiger partial charge in [0.2, 0.25) is 5.91 Å². The van der Waals surface area contributed by atoms with Gasteiger partial charge in [-0.05, 0) is 46.1 Å². The van der Waals surface area contributed by atoms with Crippen molar-refractivity contribution >= 4 is 17.8 Å². The number of hydrogen-bond acceptors (Lipinski definition) is 4. The number of urea groups is 1. The molecule has 2 N–H and O–H groups in total. The lowest BCUT2D eigenvalue weighted by Crippen LogP contribution is -2.54. The Balaban J connectivity index is 2.04. The second kappa shape index (κ2) is 7.32. The van der Waals surface area contributed by atoms with Crippen LogP contribution in [0.3, 0.4) is 0 Å². The van der Waals surface area contributed by atoms with Crippen molar-refractivity contribution in [1.82, 2.24) is 20.4 Å². The lowest BCUT2D eigenvalue weighted by molar-refractivity contribution is -0.136. The number of rotatable bonds is 5. The van der Waals surface area contributed by atoms with E-state index in [4.69, 9.17) is 0 Å². The van der Waals surface area contributed by atoms with Crippen LogP contribution < -0.4 is 10.6 Å². The zero-order valence-electron chi connectivity index (χ0n) is 16.1. The second-order valence-corrected chi connectivity index (χ2v) is 8.37. The third-order valence-electron chi connectivity index (χ3n) is 5.17. The highest BCUT2D eigenvalue weighted by molar-refractivity contribution is 6.07.